The molecule has 6 nitrogen and oxygen atoms in total. The molecule has 0 saturated carbocycles. The van der Waals surface area contributed by atoms with Crippen LogP contribution >= 0.6 is 0 Å². The lowest BCUT2D eigenvalue weighted by Gasteiger charge is -2.19. The second kappa shape index (κ2) is 6.43. The van der Waals surface area contributed by atoms with Crippen LogP contribution in [-0.4, -0.2) is 26.8 Å². The summed E-state index contributed by atoms with van der Waals surface area (Å²) in [5, 5.41) is 15.9. The van der Waals surface area contributed by atoms with Gasteiger partial charge in [-0.05, 0) is 25.0 Å². The third kappa shape index (κ3) is 3.33. The van der Waals surface area contributed by atoms with Gasteiger partial charge in [0.25, 0.3) is 5.91 Å². The van der Waals surface area contributed by atoms with Gasteiger partial charge in [0.2, 0.25) is 0 Å². The minimum absolute atomic E-state index is 0.171. The number of carboxylic acids is 1. The monoisotopic (exact) mass is 301 g/mol. The summed E-state index contributed by atoms with van der Waals surface area (Å²) in [6.45, 7) is 3.69. The zero-order valence-corrected chi connectivity index (χ0v) is 12.8. The largest absolute Gasteiger partial charge is 0.481 e. The predicted molar refractivity (Wildman–Crippen MR) is 81.6 cm³/mol. The Bertz CT molecular complexity index is 706. The number of aryl methyl sites for hydroxylation is 2. The van der Waals surface area contributed by atoms with Crippen LogP contribution in [0.1, 0.15) is 39.6 Å². The van der Waals surface area contributed by atoms with Crippen molar-refractivity contribution in [3.05, 3.63) is 52.8 Å². The molecule has 6 heteroatoms. The Balaban J connectivity index is 2.27. The van der Waals surface area contributed by atoms with Gasteiger partial charge in [-0.3, -0.25) is 14.3 Å². The van der Waals surface area contributed by atoms with Gasteiger partial charge in [-0.15, -0.1) is 0 Å². The van der Waals surface area contributed by atoms with E-state index in [1.165, 1.54) is 6.20 Å². The smallest absolute Gasteiger partial charge is 0.305 e. The third-order valence-electron chi connectivity index (χ3n) is 3.73. The lowest BCUT2D eigenvalue weighted by atomic mass is 9.98. The van der Waals surface area contributed by atoms with Gasteiger partial charge in [0, 0.05) is 12.7 Å². The summed E-state index contributed by atoms with van der Waals surface area (Å²) in [5.41, 5.74) is 2.93. The predicted octanol–water partition coefficient (Wildman–Crippen LogP) is 1.98. The van der Waals surface area contributed by atoms with Gasteiger partial charge in [0.1, 0.15) is 0 Å². The summed E-state index contributed by atoms with van der Waals surface area (Å²) in [6, 6.07) is 6.86. The van der Waals surface area contributed by atoms with E-state index in [0.29, 0.717) is 5.56 Å². The van der Waals surface area contributed by atoms with Crippen LogP contribution in [-0.2, 0) is 11.8 Å². The Hall–Kier alpha value is -2.63. The molecule has 0 fully saturated rings. The highest BCUT2D eigenvalue weighted by Gasteiger charge is 2.22. The number of benzene rings is 1. The highest BCUT2D eigenvalue weighted by atomic mass is 16.4. The number of hydrogen-bond acceptors (Lipinski definition) is 3. The maximum atomic E-state index is 12.4. The minimum Gasteiger partial charge on any atom is -0.481 e. The molecule has 0 saturated heterocycles. The highest BCUT2D eigenvalue weighted by Crippen LogP contribution is 2.21. The second-order valence-electron chi connectivity index (χ2n) is 5.25. The van der Waals surface area contributed by atoms with Crippen molar-refractivity contribution in [1.82, 2.24) is 15.1 Å². The summed E-state index contributed by atoms with van der Waals surface area (Å²) in [7, 11) is 1.75. The molecule has 0 bridgehead atoms. The lowest BCUT2D eigenvalue weighted by molar-refractivity contribution is -0.137. The van der Waals surface area contributed by atoms with E-state index in [1.54, 1.807) is 18.7 Å². The van der Waals surface area contributed by atoms with E-state index >= 15 is 0 Å². The zero-order chi connectivity index (χ0) is 16.3. The zero-order valence-electron chi connectivity index (χ0n) is 12.8. The number of aliphatic carboxylic acids is 1. The fourth-order valence-electron chi connectivity index (χ4n) is 2.35. The molecule has 1 atom stereocenters. The first-order chi connectivity index (χ1) is 10.4. The molecule has 0 aliphatic carbocycles. The molecular weight excluding hydrogens is 282 g/mol. The quantitative estimate of drug-likeness (QED) is 0.884. The molecule has 2 aromatic rings. The molecule has 1 aromatic heterocycles. The summed E-state index contributed by atoms with van der Waals surface area (Å²) < 4.78 is 1.61. The van der Waals surface area contributed by atoms with Crippen molar-refractivity contribution in [2.75, 3.05) is 0 Å². The van der Waals surface area contributed by atoms with Crippen LogP contribution < -0.4 is 5.32 Å². The van der Waals surface area contributed by atoms with E-state index in [0.717, 1.165) is 16.8 Å². The number of nitrogens with one attached hydrogen (secondary N) is 1. The molecule has 1 unspecified atom stereocenters. The van der Waals surface area contributed by atoms with E-state index in [2.05, 4.69) is 10.4 Å². The number of aromatic nitrogens is 2. The number of carbonyl (C=O) groups is 2. The van der Waals surface area contributed by atoms with Crippen molar-refractivity contribution >= 4 is 11.9 Å². The number of amides is 1. The average molecular weight is 301 g/mol. The van der Waals surface area contributed by atoms with Gasteiger partial charge in [-0.1, -0.05) is 24.3 Å². The van der Waals surface area contributed by atoms with Crippen LogP contribution in [0.25, 0.3) is 0 Å². The Labute approximate surface area is 128 Å². The van der Waals surface area contributed by atoms with E-state index in [-0.39, 0.29) is 12.3 Å². The molecule has 0 aliphatic heterocycles. The average Bonchev–Trinajstić information content (AvgIpc) is 2.78. The fraction of sp³-hybridized carbons (Fsp3) is 0.312. The Morgan fingerprint density at radius 1 is 1.32 bits per heavy atom. The molecule has 1 amide bonds. The Kier molecular flexibility index (Phi) is 4.60. The van der Waals surface area contributed by atoms with E-state index in [9.17, 15) is 9.59 Å². The fourth-order valence-corrected chi connectivity index (χ4v) is 2.35. The molecule has 1 aromatic carbocycles. The number of nitrogens with zero attached hydrogens (tertiary/aromatic N) is 2. The number of hydrogen-bond donors (Lipinski definition) is 2. The van der Waals surface area contributed by atoms with Gasteiger partial charge >= 0.3 is 5.97 Å². The molecular formula is C16H19N3O3. The maximum Gasteiger partial charge on any atom is 0.305 e. The van der Waals surface area contributed by atoms with Crippen molar-refractivity contribution in [2.45, 2.75) is 26.3 Å². The summed E-state index contributed by atoms with van der Waals surface area (Å²) in [6.07, 6.45) is 1.32. The van der Waals surface area contributed by atoms with Crippen LogP contribution in [0.4, 0.5) is 0 Å². The van der Waals surface area contributed by atoms with Crippen molar-refractivity contribution in [3.8, 4) is 0 Å². The van der Waals surface area contributed by atoms with Crippen molar-refractivity contribution in [2.24, 2.45) is 7.05 Å². The van der Waals surface area contributed by atoms with Crippen LogP contribution in [0.15, 0.2) is 30.5 Å². The van der Waals surface area contributed by atoms with Crippen LogP contribution in [0.2, 0.25) is 0 Å². The van der Waals surface area contributed by atoms with Crippen LogP contribution in [0.3, 0.4) is 0 Å². The summed E-state index contributed by atoms with van der Waals surface area (Å²) in [5.74, 6) is -1.28. The van der Waals surface area contributed by atoms with Gasteiger partial charge in [-0.25, -0.2) is 0 Å². The van der Waals surface area contributed by atoms with Gasteiger partial charge in [0.05, 0.1) is 24.2 Å². The second-order valence-corrected chi connectivity index (χ2v) is 5.25. The molecule has 0 radical (unpaired) electrons. The van der Waals surface area contributed by atoms with E-state index in [4.69, 9.17) is 5.11 Å². The molecule has 2 N–H and O–H groups in total. The topological polar surface area (TPSA) is 84.2 Å². The van der Waals surface area contributed by atoms with Crippen LogP contribution in [0.5, 0.6) is 0 Å². The van der Waals surface area contributed by atoms with Crippen molar-refractivity contribution in [3.63, 3.8) is 0 Å². The number of carboxylic acid groups (broad SMARTS) is 1. The molecule has 2 rings (SSSR count). The van der Waals surface area contributed by atoms with Gasteiger partial charge < -0.3 is 10.4 Å². The SMILES string of the molecule is Cc1ccccc1C(CC(=O)O)NC(=O)c1cnn(C)c1C. The van der Waals surface area contributed by atoms with Crippen LogP contribution in [0, 0.1) is 13.8 Å². The normalized spacial score (nSPS) is 12.0. The standard InChI is InChI=1S/C16H19N3O3/c1-10-6-4-5-7-12(10)14(8-15(20)21)18-16(22)13-9-17-19(3)11(13)2/h4-7,9,14H,8H2,1-3H3,(H,18,22)(H,20,21). The third-order valence-corrected chi connectivity index (χ3v) is 3.73. The Morgan fingerprint density at radius 2 is 2.00 bits per heavy atom. The molecule has 0 spiro atoms. The number of rotatable bonds is 5. The first-order valence-corrected chi connectivity index (χ1v) is 6.97. The first-order valence-electron chi connectivity index (χ1n) is 6.97. The minimum atomic E-state index is -0.962. The molecule has 0 aliphatic rings. The molecule has 22 heavy (non-hydrogen) atoms. The molecule has 116 valence electrons. The Morgan fingerprint density at radius 3 is 2.55 bits per heavy atom. The highest BCUT2D eigenvalue weighted by molar-refractivity contribution is 5.95. The maximum absolute atomic E-state index is 12.4. The summed E-state index contributed by atoms with van der Waals surface area (Å²) >= 11 is 0. The van der Waals surface area contributed by atoms with Crippen molar-refractivity contribution < 1.29 is 14.7 Å². The number of carbonyl (C=O) groups excluding carboxylic acids is 1. The summed E-state index contributed by atoms with van der Waals surface area (Å²) in [4.78, 5) is 23.5. The first kappa shape index (κ1) is 15.8. The van der Waals surface area contributed by atoms with Crippen molar-refractivity contribution in [1.29, 1.82) is 0 Å². The lowest BCUT2D eigenvalue weighted by Crippen LogP contribution is -2.31. The van der Waals surface area contributed by atoms with Gasteiger partial charge in [-0.2, -0.15) is 5.10 Å². The van der Waals surface area contributed by atoms with E-state index in [1.807, 2.05) is 31.2 Å². The molecule has 1 heterocycles. The van der Waals surface area contributed by atoms with Gasteiger partial charge in [0.15, 0.2) is 0 Å². The van der Waals surface area contributed by atoms with E-state index < -0.39 is 12.0 Å².